The molecule has 0 radical (unpaired) electrons. The monoisotopic (exact) mass is 223 g/mol. The van der Waals surface area contributed by atoms with E-state index in [4.69, 9.17) is 21.4 Å². The number of hydrogen-bond donors (Lipinski definition) is 1. The quantitative estimate of drug-likeness (QED) is 0.801. The van der Waals surface area contributed by atoms with Gasteiger partial charge in [0, 0.05) is 6.07 Å². The van der Waals surface area contributed by atoms with Crippen LogP contribution < -0.4 is 4.74 Å². The lowest BCUT2D eigenvalue weighted by Gasteiger charge is -2.09. The van der Waals surface area contributed by atoms with Crippen LogP contribution in [0.4, 0.5) is 8.78 Å². The lowest BCUT2D eigenvalue weighted by Crippen LogP contribution is -1.99. The number of rotatable bonds is 3. The van der Waals surface area contributed by atoms with Gasteiger partial charge in [-0.2, -0.15) is 0 Å². The van der Waals surface area contributed by atoms with Crippen LogP contribution in [-0.2, 0) is 5.88 Å². The first-order valence-electron chi connectivity index (χ1n) is 3.71. The maximum atomic E-state index is 12.3. The topological polar surface area (TPSA) is 42.4 Å². The van der Waals surface area contributed by atoms with Gasteiger partial charge in [-0.3, -0.25) is 0 Å². The zero-order chi connectivity index (χ0) is 10.7. The average Bonchev–Trinajstić information content (AvgIpc) is 2.16. The summed E-state index contributed by atoms with van der Waals surface area (Å²) in [5.74, 6) is -0.448. The van der Waals surface area contributed by atoms with Crippen molar-refractivity contribution in [2.75, 3.05) is 7.11 Å². The minimum absolute atomic E-state index is 0.0524. The molecule has 3 nitrogen and oxygen atoms in total. The van der Waals surface area contributed by atoms with Gasteiger partial charge in [0.05, 0.1) is 18.7 Å². The first kappa shape index (κ1) is 11.0. The molecule has 0 bridgehead atoms. The Bertz CT molecular complexity index is 333. The highest BCUT2D eigenvalue weighted by Crippen LogP contribution is 2.31. The van der Waals surface area contributed by atoms with E-state index in [1.807, 2.05) is 0 Å². The van der Waals surface area contributed by atoms with Crippen LogP contribution in [0.15, 0.2) is 6.07 Å². The van der Waals surface area contributed by atoms with E-state index in [9.17, 15) is 8.78 Å². The highest BCUT2D eigenvalue weighted by molar-refractivity contribution is 6.17. The normalized spacial score (nSPS) is 10.6. The van der Waals surface area contributed by atoms with Gasteiger partial charge >= 0.3 is 0 Å². The molecular formula is C8H8ClF2NO2. The van der Waals surface area contributed by atoms with Crippen LogP contribution in [0.5, 0.6) is 11.5 Å². The highest BCUT2D eigenvalue weighted by atomic mass is 35.5. The van der Waals surface area contributed by atoms with Gasteiger partial charge in [-0.15, -0.1) is 11.6 Å². The van der Waals surface area contributed by atoms with Crippen LogP contribution in [0.3, 0.4) is 0 Å². The van der Waals surface area contributed by atoms with Gasteiger partial charge in [0.1, 0.15) is 17.2 Å². The smallest absolute Gasteiger partial charge is 0.284 e. The molecule has 0 aliphatic rings. The number of alkyl halides is 3. The fourth-order valence-corrected chi connectivity index (χ4v) is 1.16. The molecular weight excluding hydrogens is 216 g/mol. The Hall–Kier alpha value is -1.10. The largest absolute Gasteiger partial charge is 0.506 e. The number of halogens is 3. The number of nitrogens with zero attached hydrogens (tertiary/aromatic N) is 1. The van der Waals surface area contributed by atoms with Gasteiger partial charge in [0.2, 0.25) is 0 Å². The minimum atomic E-state index is -2.83. The lowest BCUT2D eigenvalue weighted by atomic mass is 10.2. The third-order valence-corrected chi connectivity index (χ3v) is 1.88. The third kappa shape index (κ3) is 2.04. The van der Waals surface area contributed by atoms with Crippen molar-refractivity contribution in [3.05, 3.63) is 17.5 Å². The Labute approximate surface area is 84.3 Å². The predicted octanol–water partition coefficient (Wildman–Crippen LogP) is 2.47. The van der Waals surface area contributed by atoms with E-state index in [-0.39, 0.29) is 17.3 Å². The Morgan fingerprint density at radius 3 is 2.71 bits per heavy atom. The SMILES string of the molecule is COc1cc(O)c(C(F)F)nc1CCl. The van der Waals surface area contributed by atoms with E-state index in [0.717, 1.165) is 6.07 Å². The summed E-state index contributed by atoms with van der Waals surface area (Å²) in [6.45, 7) is 0. The van der Waals surface area contributed by atoms with Crippen molar-refractivity contribution in [2.45, 2.75) is 12.3 Å². The molecule has 78 valence electrons. The van der Waals surface area contributed by atoms with E-state index < -0.39 is 17.9 Å². The molecule has 1 rings (SSSR count). The van der Waals surface area contributed by atoms with Gasteiger partial charge in [-0.05, 0) is 0 Å². The first-order valence-corrected chi connectivity index (χ1v) is 4.24. The zero-order valence-electron chi connectivity index (χ0n) is 7.30. The minimum Gasteiger partial charge on any atom is -0.506 e. The van der Waals surface area contributed by atoms with E-state index in [1.54, 1.807) is 0 Å². The fraction of sp³-hybridized carbons (Fsp3) is 0.375. The van der Waals surface area contributed by atoms with Crippen LogP contribution in [0, 0.1) is 0 Å². The van der Waals surface area contributed by atoms with Crippen molar-refractivity contribution in [3.63, 3.8) is 0 Å². The van der Waals surface area contributed by atoms with E-state index in [1.165, 1.54) is 7.11 Å². The van der Waals surface area contributed by atoms with Crippen molar-refractivity contribution >= 4 is 11.6 Å². The maximum absolute atomic E-state index is 12.3. The molecule has 0 saturated heterocycles. The molecule has 14 heavy (non-hydrogen) atoms. The van der Waals surface area contributed by atoms with Gasteiger partial charge in [0.25, 0.3) is 6.43 Å². The predicted molar refractivity (Wildman–Crippen MR) is 47.0 cm³/mol. The standard InChI is InChI=1S/C8H8ClF2NO2/c1-14-6-2-5(13)7(8(10)11)12-4(6)3-9/h2,8,13H,3H2,1H3. The summed E-state index contributed by atoms with van der Waals surface area (Å²) in [5.41, 5.74) is -0.497. The van der Waals surface area contributed by atoms with Crippen molar-refractivity contribution in [3.8, 4) is 11.5 Å². The first-order chi connectivity index (χ1) is 6.60. The molecule has 0 atom stereocenters. The Morgan fingerprint density at radius 2 is 2.29 bits per heavy atom. The summed E-state index contributed by atoms with van der Waals surface area (Å²) in [6, 6.07) is 1.08. The second-order valence-electron chi connectivity index (χ2n) is 2.48. The molecule has 0 unspecified atom stereocenters. The number of aromatic nitrogens is 1. The Kier molecular flexibility index (Phi) is 3.46. The third-order valence-electron chi connectivity index (χ3n) is 1.62. The molecule has 0 saturated carbocycles. The summed E-state index contributed by atoms with van der Waals surface area (Å²) in [5, 5.41) is 9.15. The Balaban J connectivity index is 3.23. The summed E-state index contributed by atoms with van der Waals surface area (Å²) >= 11 is 5.47. The molecule has 0 aromatic carbocycles. The maximum Gasteiger partial charge on any atom is 0.284 e. The molecule has 1 aromatic heterocycles. The highest BCUT2D eigenvalue weighted by Gasteiger charge is 2.18. The van der Waals surface area contributed by atoms with Gasteiger partial charge in [-0.25, -0.2) is 13.8 Å². The van der Waals surface area contributed by atoms with Crippen LogP contribution in [0.1, 0.15) is 17.8 Å². The second kappa shape index (κ2) is 4.41. The summed E-state index contributed by atoms with van der Waals surface area (Å²) in [4.78, 5) is 3.50. The Morgan fingerprint density at radius 1 is 1.64 bits per heavy atom. The number of hydrogen-bond acceptors (Lipinski definition) is 3. The van der Waals surface area contributed by atoms with E-state index in [0.29, 0.717) is 0 Å². The zero-order valence-corrected chi connectivity index (χ0v) is 8.05. The van der Waals surface area contributed by atoms with Gasteiger partial charge < -0.3 is 9.84 Å². The molecule has 1 heterocycles. The van der Waals surface area contributed by atoms with Crippen LogP contribution in [0.25, 0.3) is 0 Å². The molecule has 0 aliphatic carbocycles. The number of ether oxygens (including phenoxy) is 1. The summed E-state index contributed by atoms with van der Waals surface area (Å²) < 4.78 is 29.3. The number of methoxy groups -OCH3 is 1. The van der Waals surface area contributed by atoms with Crippen molar-refractivity contribution < 1.29 is 18.6 Å². The molecule has 6 heteroatoms. The number of pyridine rings is 1. The molecule has 0 spiro atoms. The van der Waals surface area contributed by atoms with Crippen LogP contribution >= 0.6 is 11.6 Å². The molecule has 1 N–H and O–H groups in total. The van der Waals surface area contributed by atoms with Gasteiger partial charge in [0.15, 0.2) is 0 Å². The van der Waals surface area contributed by atoms with Crippen LogP contribution in [-0.4, -0.2) is 17.2 Å². The van der Waals surface area contributed by atoms with E-state index >= 15 is 0 Å². The van der Waals surface area contributed by atoms with Crippen molar-refractivity contribution in [1.82, 2.24) is 4.98 Å². The second-order valence-corrected chi connectivity index (χ2v) is 2.74. The fourth-order valence-electron chi connectivity index (χ4n) is 0.972. The molecule has 0 fully saturated rings. The molecule has 1 aromatic rings. The molecule has 0 amide bonds. The van der Waals surface area contributed by atoms with Gasteiger partial charge in [-0.1, -0.05) is 0 Å². The van der Waals surface area contributed by atoms with E-state index in [2.05, 4.69) is 4.98 Å². The number of aromatic hydroxyl groups is 1. The summed E-state index contributed by atoms with van der Waals surface area (Å²) in [6.07, 6.45) is -2.83. The molecule has 0 aliphatic heterocycles. The summed E-state index contributed by atoms with van der Waals surface area (Å²) in [7, 11) is 1.34. The lowest BCUT2D eigenvalue weighted by molar-refractivity contribution is 0.141. The van der Waals surface area contributed by atoms with Crippen LogP contribution in [0.2, 0.25) is 0 Å². The van der Waals surface area contributed by atoms with Crippen molar-refractivity contribution in [1.29, 1.82) is 0 Å². The van der Waals surface area contributed by atoms with Crippen molar-refractivity contribution in [2.24, 2.45) is 0 Å². The average molecular weight is 224 g/mol.